The number of carbonyl (C=O) groups is 2. The van der Waals surface area contributed by atoms with Crippen LogP contribution in [-0.4, -0.2) is 22.3 Å². The summed E-state index contributed by atoms with van der Waals surface area (Å²) in [5, 5.41) is 29.7. The fourth-order valence-corrected chi connectivity index (χ4v) is 4.71. The number of halogens is 7. The van der Waals surface area contributed by atoms with Gasteiger partial charge in [0, 0.05) is 11.3 Å². The highest BCUT2D eigenvalue weighted by Crippen LogP contribution is 2.38. The molecule has 0 aliphatic heterocycles. The summed E-state index contributed by atoms with van der Waals surface area (Å²) >= 11 is 23.1. The summed E-state index contributed by atoms with van der Waals surface area (Å²) < 4.78 is 37.8. The topological polar surface area (TPSA) is 123 Å². The number of benzene rings is 5. The van der Waals surface area contributed by atoms with Crippen molar-refractivity contribution in [1.82, 2.24) is 0 Å². The second-order valence-electron chi connectivity index (χ2n) is 9.66. The molecule has 0 aliphatic carbocycles. The number of phenolic OH excluding ortho intramolecular Hbond substituents is 2. The minimum absolute atomic E-state index is 0.0100. The summed E-state index contributed by atoms with van der Waals surface area (Å²) in [5.41, 5.74) is 1.69. The summed E-state index contributed by atoms with van der Waals surface area (Å²) in [6, 6.07) is 25.6. The van der Waals surface area contributed by atoms with Gasteiger partial charge in [-0.1, -0.05) is 101 Å². The molecule has 248 valence electrons. The highest BCUT2D eigenvalue weighted by Gasteiger charge is 2.30. The molecule has 5 aromatic carbocycles. The molecule has 5 rings (SSSR count). The molecule has 0 atom stereocenters. The van der Waals surface area contributed by atoms with Crippen molar-refractivity contribution in [2.24, 2.45) is 0 Å². The summed E-state index contributed by atoms with van der Waals surface area (Å²) in [6.07, 6.45) is -4.52. The monoisotopic (exact) mass is 736 g/mol. The smallest absolute Gasteiger partial charge is 0.416 e. The van der Waals surface area contributed by atoms with E-state index in [0.29, 0.717) is 5.69 Å². The van der Waals surface area contributed by atoms with Crippen LogP contribution >= 0.6 is 46.4 Å². The van der Waals surface area contributed by atoms with Crippen LogP contribution in [0.1, 0.15) is 5.56 Å². The van der Waals surface area contributed by atoms with Gasteiger partial charge in [0.05, 0.1) is 32.7 Å². The fraction of sp³-hybridized carbons (Fsp3) is 0.0303. The maximum atomic E-state index is 12.6. The average molecular weight is 738 g/mol. The second-order valence-corrected chi connectivity index (χ2v) is 11.2. The van der Waals surface area contributed by atoms with Gasteiger partial charge >= 0.3 is 18.2 Å². The maximum Gasteiger partial charge on any atom is 0.416 e. The van der Waals surface area contributed by atoms with Crippen LogP contribution in [-0.2, 0) is 6.18 Å². The van der Waals surface area contributed by atoms with Crippen LogP contribution in [0.25, 0.3) is 11.1 Å². The lowest BCUT2D eigenvalue weighted by Crippen LogP contribution is -2.20. The maximum absolute atomic E-state index is 12.6. The Morgan fingerprint density at radius 2 is 1.06 bits per heavy atom. The number of anilines is 4. The summed E-state index contributed by atoms with van der Waals surface area (Å²) in [7, 11) is 0. The molecule has 0 heterocycles. The first-order valence-corrected chi connectivity index (χ1v) is 15.1. The van der Waals surface area contributed by atoms with Gasteiger partial charge in [0.25, 0.3) is 0 Å². The molecule has 0 saturated carbocycles. The normalized spacial score (nSPS) is 10.7. The third kappa shape index (κ3) is 9.39. The number of aromatic hydroxyl groups is 2. The first-order valence-electron chi connectivity index (χ1n) is 13.6. The van der Waals surface area contributed by atoms with Crippen molar-refractivity contribution in [1.29, 1.82) is 0 Å². The molecule has 15 heteroatoms. The first kappa shape index (κ1) is 36.0. The minimum atomic E-state index is -4.52. The number of para-hydroxylation sites is 1. The van der Waals surface area contributed by atoms with Crippen LogP contribution in [0, 0.1) is 0 Å². The van der Waals surface area contributed by atoms with E-state index >= 15 is 0 Å². The Bertz CT molecular complexity index is 1950. The van der Waals surface area contributed by atoms with E-state index in [-0.39, 0.29) is 42.9 Å². The SMILES string of the molecule is O=C(Nc1cccc(C(F)(F)F)c1)Nc1ccc(Cl)c(Cl)c1O.O=C(Nc1ccccc1-c1ccccc1)Nc1ccc(Cl)c(Cl)c1O. The molecule has 4 amide bonds. The van der Waals surface area contributed by atoms with E-state index in [9.17, 15) is 33.0 Å². The van der Waals surface area contributed by atoms with Crippen molar-refractivity contribution in [2.45, 2.75) is 6.18 Å². The Kier molecular flexibility index (Phi) is 11.9. The van der Waals surface area contributed by atoms with Crippen molar-refractivity contribution in [3.8, 4) is 22.6 Å². The van der Waals surface area contributed by atoms with Gasteiger partial charge in [-0.3, -0.25) is 0 Å². The highest BCUT2D eigenvalue weighted by molar-refractivity contribution is 6.44. The number of hydrogen-bond acceptors (Lipinski definition) is 4. The van der Waals surface area contributed by atoms with E-state index in [1.54, 1.807) is 6.07 Å². The van der Waals surface area contributed by atoms with E-state index < -0.39 is 29.6 Å². The Labute approximate surface area is 292 Å². The van der Waals surface area contributed by atoms with Crippen molar-refractivity contribution >= 4 is 81.2 Å². The molecular formula is C33H23Cl4F3N4O4. The van der Waals surface area contributed by atoms with Crippen molar-refractivity contribution in [3.63, 3.8) is 0 Å². The van der Waals surface area contributed by atoms with Gasteiger partial charge in [-0.25, -0.2) is 9.59 Å². The summed E-state index contributed by atoms with van der Waals surface area (Å²) in [4.78, 5) is 24.1. The van der Waals surface area contributed by atoms with E-state index in [0.717, 1.165) is 29.3 Å². The Balaban J connectivity index is 0.000000218. The average Bonchev–Trinajstić information content (AvgIpc) is 3.06. The van der Waals surface area contributed by atoms with E-state index in [2.05, 4.69) is 21.3 Å². The molecule has 0 radical (unpaired) electrons. The van der Waals surface area contributed by atoms with Crippen LogP contribution < -0.4 is 21.3 Å². The highest BCUT2D eigenvalue weighted by atomic mass is 35.5. The number of amides is 4. The number of rotatable bonds is 5. The van der Waals surface area contributed by atoms with Gasteiger partial charge in [-0.2, -0.15) is 13.2 Å². The van der Waals surface area contributed by atoms with E-state index in [1.165, 1.54) is 30.3 Å². The lowest BCUT2D eigenvalue weighted by Gasteiger charge is -2.13. The van der Waals surface area contributed by atoms with Crippen molar-refractivity contribution in [3.05, 3.63) is 129 Å². The summed E-state index contributed by atoms with van der Waals surface area (Å²) in [6.45, 7) is 0. The third-order valence-electron chi connectivity index (χ3n) is 6.34. The minimum Gasteiger partial charge on any atom is -0.504 e. The molecule has 0 aliphatic rings. The second kappa shape index (κ2) is 15.9. The predicted molar refractivity (Wildman–Crippen MR) is 185 cm³/mol. The molecule has 0 unspecified atom stereocenters. The Hall–Kier alpha value is -4.81. The number of alkyl halides is 3. The lowest BCUT2D eigenvalue weighted by molar-refractivity contribution is -0.137. The zero-order valence-electron chi connectivity index (χ0n) is 24.2. The number of urea groups is 2. The Morgan fingerprint density at radius 1 is 0.562 bits per heavy atom. The Morgan fingerprint density at radius 3 is 1.62 bits per heavy atom. The van der Waals surface area contributed by atoms with Gasteiger partial charge in [0.1, 0.15) is 10.0 Å². The molecule has 0 bridgehead atoms. The third-order valence-corrected chi connectivity index (χ3v) is 7.93. The number of nitrogens with one attached hydrogen (secondary N) is 4. The number of carbonyl (C=O) groups excluding carboxylic acids is 2. The largest absolute Gasteiger partial charge is 0.504 e. The molecule has 0 aromatic heterocycles. The zero-order valence-corrected chi connectivity index (χ0v) is 27.2. The predicted octanol–water partition coefficient (Wildman–Crippen LogP) is 11.4. The van der Waals surface area contributed by atoms with Gasteiger partial charge in [0.2, 0.25) is 0 Å². The molecule has 0 fully saturated rings. The van der Waals surface area contributed by atoms with Gasteiger partial charge < -0.3 is 31.5 Å². The molecule has 0 spiro atoms. The molecule has 48 heavy (non-hydrogen) atoms. The van der Waals surface area contributed by atoms with Crippen LogP contribution in [0.15, 0.2) is 103 Å². The molecule has 8 nitrogen and oxygen atoms in total. The lowest BCUT2D eigenvalue weighted by atomic mass is 10.0. The fourth-order valence-electron chi connectivity index (χ4n) is 4.08. The molecule has 0 saturated heterocycles. The van der Waals surface area contributed by atoms with Gasteiger partial charge in [-0.05, 0) is 54.1 Å². The van der Waals surface area contributed by atoms with Crippen LogP contribution in [0.4, 0.5) is 45.5 Å². The van der Waals surface area contributed by atoms with Crippen LogP contribution in [0.2, 0.25) is 20.1 Å². The first-order chi connectivity index (χ1) is 22.7. The quantitative estimate of drug-likeness (QED) is 0.101. The number of hydrogen-bond donors (Lipinski definition) is 6. The van der Waals surface area contributed by atoms with Crippen molar-refractivity contribution in [2.75, 3.05) is 21.3 Å². The van der Waals surface area contributed by atoms with E-state index in [1.807, 2.05) is 48.5 Å². The standard InChI is InChI=1S/C19H14Cl2N2O2.C14H9Cl2F3N2O2/c20-14-10-11-16(18(24)17(14)21)23-19(25)22-15-9-5-4-8-13(15)12-6-2-1-3-7-12;15-9-4-5-10(12(22)11(9)16)21-13(23)20-8-3-1-2-7(6-8)14(17,18)19/h1-11,24H,(H2,22,23,25);1-6,22H,(H2,20,21,23). The summed E-state index contributed by atoms with van der Waals surface area (Å²) in [5.74, 6) is -0.723. The number of phenols is 2. The molecule has 6 N–H and O–H groups in total. The van der Waals surface area contributed by atoms with Gasteiger partial charge in [0.15, 0.2) is 11.5 Å². The van der Waals surface area contributed by atoms with Crippen LogP contribution in [0.3, 0.4) is 0 Å². The van der Waals surface area contributed by atoms with Crippen LogP contribution in [0.5, 0.6) is 11.5 Å². The molecule has 5 aromatic rings. The van der Waals surface area contributed by atoms with Crippen molar-refractivity contribution < 1.29 is 33.0 Å². The van der Waals surface area contributed by atoms with E-state index in [4.69, 9.17) is 46.4 Å². The zero-order chi connectivity index (χ0) is 35.0. The molecular weight excluding hydrogens is 715 g/mol. The van der Waals surface area contributed by atoms with Gasteiger partial charge in [-0.15, -0.1) is 0 Å².